The van der Waals surface area contributed by atoms with Gasteiger partial charge in [-0.15, -0.1) is 0 Å². The Morgan fingerprint density at radius 1 is 1.20 bits per heavy atom. The van der Waals surface area contributed by atoms with Crippen molar-refractivity contribution in [2.45, 2.75) is 64.5 Å². The second kappa shape index (κ2) is 10.2. The molecular weight excluding hydrogens is 382 g/mol. The van der Waals surface area contributed by atoms with E-state index < -0.39 is 5.60 Å². The molecule has 1 amide bonds. The molecule has 2 aliphatic rings. The Bertz CT molecular complexity index is 693. The minimum Gasteiger partial charge on any atom is -0.476 e. The molecule has 0 radical (unpaired) electrons. The van der Waals surface area contributed by atoms with Gasteiger partial charge in [-0.05, 0) is 59.5 Å². The Kier molecular flexibility index (Phi) is 7.64. The molecule has 2 aliphatic heterocycles. The van der Waals surface area contributed by atoms with Gasteiger partial charge in [0.05, 0.1) is 17.6 Å². The number of hydrogen-bond donors (Lipinski definition) is 2. The van der Waals surface area contributed by atoms with Crippen molar-refractivity contribution in [3.63, 3.8) is 0 Å². The van der Waals surface area contributed by atoms with E-state index in [9.17, 15) is 4.79 Å². The fraction of sp³-hybridized carbons (Fsp3) is 0.727. The number of nitrogens with one attached hydrogen (secondary N) is 1. The van der Waals surface area contributed by atoms with Gasteiger partial charge in [0.25, 0.3) is 0 Å². The van der Waals surface area contributed by atoms with Gasteiger partial charge in [0, 0.05) is 31.7 Å². The lowest BCUT2D eigenvalue weighted by Gasteiger charge is -2.34. The predicted octanol–water partition coefficient (Wildman–Crippen LogP) is 3.34. The molecule has 168 valence electrons. The summed E-state index contributed by atoms with van der Waals surface area (Å²) in [5.41, 5.74) is 7.10. The van der Waals surface area contributed by atoms with E-state index in [4.69, 9.17) is 15.2 Å². The van der Waals surface area contributed by atoms with E-state index in [1.807, 2.05) is 26.8 Å². The third-order valence-corrected chi connectivity index (χ3v) is 5.52. The van der Waals surface area contributed by atoms with Gasteiger partial charge in [0.1, 0.15) is 12.2 Å². The van der Waals surface area contributed by atoms with E-state index in [0.29, 0.717) is 31.3 Å². The Hall–Kier alpha value is -2.22. The van der Waals surface area contributed by atoms with E-state index in [-0.39, 0.29) is 12.1 Å². The summed E-state index contributed by atoms with van der Waals surface area (Å²) >= 11 is 0. The van der Waals surface area contributed by atoms with Gasteiger partial charge >= 0.3 is 6.09 Å². The number of piperidine rings is 2. The molecule has 0 saturated carbocycles. The molecule has 2 saturated heterocycles. The predicted molar refractivity (Wildman–Crippen MR) is 119 cm³/mol. The van der Waals surface area contributed by atoms with Crippen molar-refractivity contribution in [3.8, 4) is 5.88 Å². The summed E-state index contributed by atoms with van der Waals surface area (Å²) in [6.45, 7) is 10.9. The number of rotatable bonds is 6. The lowest BCUT2D eigenvalue weighted by atomic mass is 10.0. The largest absolute Gasteiger partial charge is 0.476 e. The zero-order valence-corrected chi connectivity index (χ0v) is 18.7. The van der Waals surface area contributed by atoms with Crippen molar-refractivity contribution in [1.82, 2.24) is 14.8 Å². The third-order valence-electron chi connectivity index (χ3n) is 5.52. The maximum Gasteiger partial charge on any atom is 0.410 e. The number of carbonyl (C=O) groups is 1. The van der Waals surface area contributed by atoms with Gasteiger partial charge in [-0.2, -0.15) is 0 Å². The van der Waals surface area contributed by atoms with Gasteiger partial charge in [-0.1, -0.05) is 6.42 Å². The van der Waals surface area contributed by atoms with Crippen molar-refractivity contribution >= 4 is 17.5 Å². The van der Waals surface area contributed by atoms with Crippen LogP contribution in [0.5, 0.6) is 5.88 Å². The molecular formula is C22H37N5O3. The highest BCUT2D eigenvalue weighted by atomic mass is 16.6. The van der Waals surface area contributed by atoms with Crippen LogP contribution >= 0.6 is 0 Å². The maximum atomic E-state index is 12.2. The van der Waals surface area contributed by atoms with E-state index >= 15 is 0 Å². The van der Waals surface area contributed by atoms with Crippen LogP contribution in [0.3, 0.4) is 0 Å². The van der Waals surface area contributed by atoms with Crippen LogP contribution in [0.2, 0.25) is 0 Å². The molecule has 30 heavy (non-hydrogen) atoms. The van der Waals surface area contributed by atoms with E-state index in [1.54, 1.807) is 11.1 Å². The number of ether oxygens (including phenoxy) is 2. The van der Waals surface area contributed by atoms with Crippen LogP contribution in [-0.4, -0.2) is 71.9 Å². The lowest BCUT2D eigenvalue weighted by molar-refractivity contribution is 0.0210. The zero-order chi connectivity index (χ0) is 21.6. The fourth-order valence-corrected chi connectivity index (χ4v) is 3.87. The highest BCUT2D eigenvalue weighted by Crippen LogP contribution is 2.25. The number of aromatic nitrogens is 1. The molecule has 3 heterocycles. The molecule has 1 aromatic rings. The van der Waals surface area contributed by atoms with E-state index in [2.05, 4.69) is 15.2 Å². The van der Waals surface area contributed by atoms with Crippen LogP contribution in [0.25, 0.3) is 0 Å². The molecule has 3 rings (SSSR count). The molecule has 2 fully saturated rings. The van der Waals surface area contributed by atoms with Crippen LogP contribution in [-0.2, 0) is 4.74 Å². The smallest absolute Gasteiger partial charge is 0.410 e. The molecule has 0 unspecified atom stereocenters. The fourth-order valence-electron chi connectivity index (χ4n) is 3.87. The highest BCUT2D eigenvalue weighted by molar-refractivity contribution is 5.69. The van der Waals surface area contributed by atoms with Crippen molar-refractivity contribution < 1.29 is 14.3 Å². The summed E-state index contributed by atoms with van der Waals surface area (Å²) in [5, 5.41) is 3.50. The number of nitrogen functional groups attached to an aromatic ring is 1. The van der Waals surface area contributed by atoms with E-state index in [1.165, 1.54) is 19.3 Å². The van der Waals surface area contributed by atoms with Gasteiger partial charge in [-0.25, -0.2) is 9.78 Å². The van der Waals surface area contributed by atoms with Crippen molar-refractivity contribution in [2.24, 2.45) is 0 Å². The molecule has 0 aliphatic carbocycles. The van der Waals surface area contributed by atoms with Gasteiger partial charge < -0.3 is 25.4 Å². The first-order valence-corrected chi connectivity index (χ1v) is 11.2. The summed E-state index contributed by atoms with van der Waals surface area (Å²) in [6.07, 6.45) is 6.98. The third kappa shape index (κ3) is 6.93. The van der Waals surface area contributed by atoms with E-state index in [0.717, 1.165) is 38.2 Å². The van der Waals surface area contributed by atoms with Crippen LogP contribution in [0.15, 0.2) is 12.3 Å². The molecule has 0 aromatic carbocycles. The van der Waals surface area contributed by atoms with Crippen LogP contribution in [0.4, 0.5) is 16.2 Å². The molecule has 8 heteroatoms. The number of likely N-dealkylation sites (tertiary alicyclic amines) is 2. The SMILES string of the molecule is CC(C)(C)OC(=O)N1CCC(Nc2cc(OCCN3CCCCC3)ncc2N)CC1. The summed E-state index contributed by atoms with van der Waals surface area (Å²) in [5.74, 6) is 0.593. The van der Waals surface area contributed by atoms with Crippen molar-refractivity contribution in [3.05, 3.63) is 12.3 Å². The van der Waals surface area contributed by atoms with Gasteiger partial charge in [-0.3, -0.25) is 4.90 Å². The summed E-state index contributed by atoms with van der Waals surface area (Å²) in [4.78, 5) is 20.8. The second-order valence-electron chi connectivity index (χ2n) is 9.25. The monoisotopic (exact) mass is 419 g/mol. The van der Waals surface area contributed by atoms with Crippen LogP contribution in [0.1, 0.15) is 52.9 Å². The normalized spacial score (nSPS) is 18.8. The standard InChI is InChI=1S/C22H37N5O3/c1-22(2,3)30-21(28)27-11-7-17(8-12-27)25-19-15-20(24-16-18(19)23)29-14-13-26-9-5-4-6-10-26/h15-17H,4-14,23H2,1-3H3,(H,24,25). The van der Waals surface area contributed by atoms with Crippen LogP contribution < -0.4 is 15.8 Å². The Morgan fingerprint density at radius 2 is 1.90 bits per heavy atom. The quantitative estimate of drug-likeness (QED) is 0.730. The number of nitrogens with zero attached hydrogens (tertiary/aromatic N) is 3. The number of nitrogens with two attached hydrogens (primary N) is 1. The minimum absolute atomic E-state index is 0.242. The number of anilines is 2. The molecule has 0 bridgehead atoms. The minimum atomic E-state index is -0.470. The summed E-state index contributed by atoms with van der Waals surface area (Å²) < 4.78 is 11.3. The second-order valence-corrected chi connectivity index (χ2v) is 9.25. The molecule has 3 N–H and O–H groups in total. The lowest BCUT2D eigenvalue weighted by Crippen LogP contribution is -2.44. The molecule has 0 spiro atoms. The average molecular weight is 420 g/mol. The van der Waals surface area contributed by atoms with Gasteiger partial charge in [0.2, 0.25) is 5.88 Å². The number of carbonyl (C=O) groups excluding carboxylic acids is 1. The number of hydrogen-bond acceptors (Lipinski definition) is 7. The van der Waals surface area contributed by atoms with Crippen molar-refractivity contribution in [1.29, 1.82) is 0 Å². The topological polar surface area (TPSA) is 93.0 Å². The molecule has 1 aromatic heterocycles. The first-order chi connectivity index (χ1) is 14.3. The van der Waals surface area contributed by atoms with Gasteiger partial charge in [0.15, 0.2) is 0 Å². The number of pyridine rings is 1. The van der Waals surface area contributed by atoms with Crippen LogP contribution in [0, 0.1) is 0 Å². The zero-order valence-electron chi connectivity index (χ0n) is 18.7. The Morgan fingerprint density at radius 3 is 2.57 bits per heavy atom. The molecule has 8 nitrogen and oxygen atoms in total. The summed E-state index contributed by atoms with van der Waals surface area (Å²) in [6, 6.07) is 2.13. The maximum absolute atomic E-state index is 12.2. The first-order valence-electron chi connectivity index (χ1n) is 11.2. The Labute approximate surface area is 180 Å². The molecule has 0 atom stereocenters. The Balaban J connectivity index is 1.46. The summed E-state index contributed by atoms with van der Waals surface area (Å²) in [7, 11) is 0. The highest BCUT2D eigenvalue weighted by Gasteiger charge is 2.27. The van der Waals surface area contributed by atoms with Crippen molar-refractivity contribution in [2.75, 3.05) is 50.4 Å². The number of amides is 1. The average Bonchev–Trinajstić information content (AvgIpc) is 2.70. The first kappa shape index (κ1) is 22.5.